The van der Waals surface area contributed by atoms with E-state index in [0.717, 1.165) is 16.7 Å². The van der Waals surface area contributed by atoms with E-state index in [0.29, 0.717) is 19.6 Å². The third-order valence-corrected chi connectivity index (χ3v) is 3.57. The number of fused-ring (bicyclic) bond motifs is 1. The Morgan fingerprint density at radius 1 is 1.37 bits per heavy atom. The van der Waals surface area contributed by atoms with E-state index in [1.54, 1.807) is 6.08 Å². The number of carbonyl (C=O) groups excluding carboxylic acids is 1. The van der Waals surface area contributed by atoms with E-state index in [9.17, 15) is 4.79 Å². The van der Waals surface area contributed by atoms with Gasteiger partial charge in [-0.25, -0.2) is 0 Å². The first kappa shape index (κ1) is 12.3. The average molecular weight is 256 g/mol. The molecule has 2 atom stereocenters. The van der Waals surface area contributed by atoms with E-state index in [2.05, 4.69) is 6.58 Å². The maximum Gasteiger partial charge on any atom is 0.181 e. The lowest BCUT2D eigenvalue weighted by molar-refractivity contribution is -0.115. The topological polar surface area (TPSA) is 35.5 Å². The highest BCUT2D eigenvalue weighted by atomic mass is 16.7. The minimum atomic E-state index is -0.398. The Hall–Kier alpha value is -1.71. The molecule has 0 amide bonds. The maximum absolute atomic E-state index is 12.2. The fraction of sp³-hybridized carbons (Fsp3) is 0.312. The number of hydrogen-bond acceptors (Lipinski definition) is 3. The predicted octanol–water partition coefficient (Wildman–Crippen LogP) is 2.59. The van der Waals surface area contributed by atoms with Gasteiger partial charge in [0.1, 0.15) is 0 Å². The van der Waals surface area contributed by atoms with Crippen molar-refractivity contribution in [2.45, 2.75) is 12.7 Å². The number of allylic oxidation sites excluding steroid dienone is 1. The molecule has 1 aromatic carbocycles. The Balaban J connectivity index is 2.00. The molecule has 0 bridgehead atoms. The van der Waals surface area contributed by atoms with Crippen LogP contribution in [0.1, 0.15) is 12.0 Å². The van der Waals surface area contributed by atoms with Gasteiger partial charge in [-0.3, -0.25) is 4.79 Å². The van der Waals surface area contributed by atoms with Gasteiger partial charge in [0.15, 0.2) is 12.1 Å². The van der Waals surface area contributed by atoms with Crippen molar-refractivity contribution in [2.24, 2.45) is 5.92 Å². The van der Waals surface area contributed by atoms with Crippen LogP contribution in [0.3, 0.4) is 0 Å². The average Bonchev–Trinajstić information content (AvgIpc) is 2.95. The predicted molar refractivity (Wildman–Crippen MR) is 72.4 cm³/mol. The number of rotatable bonds is 4. The summed E-state index contributed by atoms with van der Waals surface area (Å²) in [5.74, 6) is 0.374. The van der Waals surface area contributed by atoms with E-state index in [1.807, 2.05) is 30.3 Å². The number of hydrogen-bond donors (Lipinski definition) is 0. The van der Waals surface area contributed by atoms with Gasteiger partial charge in [-0.2, -0.15) is 0 Å². The molecule has 3 rings (SSSR count). The van der Waals surface area contributed by atoms with Crippen LogP contribution in [0.4, 0.5) is 0 Å². The second-order valence-electron chi connectivity index (χ2n) is 4.81. The molecule has 1 aliphatic heterocycles. The highest BCUT2D eigenvalue weighted by Gasteiger charge is 2.42. The summed E-state index contributed by atoms with van der Waals surface area (Å²) in [5.41, 5.74) is 2.76. The van der Waals surface area contributed by atoms with Crippen LogP contribution in [0.5, 0.6) is 0 Å². The molecule has 0 N–H and O–H groups in total. The van der Waals surface area contributed by atoms with Crippen molar-refractivity contribution >= 4 is 11.4 Å². The summed E-state index contributed by atoms with van der Waals surface area (Å²) in [6.45, 7) is 4.63. The van der Waals surface area contributed by atoms with E-state index in [-0.39, 0.29) is 11.7 Å². The standard InChI is InChI=1S/C16H16O3/c1-2-8-18-16-15-12(10-19-16)9-13(17)14(15)11-6-4-3-5-7-11/h2-7,12,16H,1,8-10H2/t12-,16-/m1/s1. The minimum Gasteiger partial charge on any atom is -0.348 e. The monoisotopic (exact) mass is 256 g/mol. The molecule has 1 heterocycles. The van der Waals surface area contributed by atoms with Gasteiger partial charge in [0.25, 0.3) is 0 Å². The molecule has 3 nitrogen and oxygen atoms in total. The molecule has 0 spiro atoms. The maximum atomic E-state index is 12.2. The molecule has 3 heteroatoms. The van der Waals surface area contributed by atoms with Gasteiger partial charge in [0.05, 0.1) is 13.2 Å². The quantitative estimate of drug-likeness (QED) is 0.777. The Bertz CT molecular complexity index is 530. The summed E-state index contributed by atoms with van der Waals surface area (Å²) in [6, 6.07) is 9.76. The molecule has 98 valence electrons. The lowest BCUT2D eigenvalue weighted by atomic mass is 9.99. The molecular weight excluding hydrogens is 240 g/mol. The Labute approximate surface area is 112 Å². The second kappa shape index (κ2) is 5.11. The molecule has 1 fully saturated rings. The molecule has 0 radical (unpaired) electrons. The van der Waals surface area contributed by atoms with Gasteiger partial charge < -0.3 is 9.47 Å². The first-order valence-electron chi connectivity index (χ1n) is 6.48. The molecule has 0 unspecified atom stereocenters. The summed E-state index contributed by atoms with van der Waals surface area (Å²) >= 11 is 0. The van der Waals surface area contributed by atoms with Crippen molar-refractivity contribution in [2.75, 3.05) is 13.2 Å². The number of ether oxygens (including phenoxy) is 2. The highest BCUT2D eigenvalue weighted by molar-refractivity contribution is 6.24. The first-order valence-corrected chi connectivity index (χ1v) is 6.48. The van der Waals surface area contributed by atoms with Gasteiger partial charge >= 0.3 is 0 Å². The summed E-state index contributed by atoms with van der Waals surface area (Å²) in [4.78, 5) is 12.2. The van der Waals surface area contributed by atoms with Gasteiger partial charge in [0, 0.05) is 23.5 Å². The van der Waals surface area contributed by atoms with Gasteiger partial charge in [-0.1, -0.05) is 36.4 Å². The summed E-state index contributed by atoms with van der Waals surface area (Å²) in [6.07, 6.45) is 1.83. The van der Waals surface area contributed by atoms with Crippen molar-refractivity contribution in [1.29, 1.82) is 0 Å². The van der Waals surface area contributed by atoms with Crippen LogP contribution >= 0.6 is 0 Å². The summed E-state index contributed by atoms with van der Waals surface area (Å²) in [5, 5.41) is 0. The Morgan fingerprint density at radius 3 is 2.89 bits per heavy atom. The third-order valence-electron chi connectivity index (χ3n) is 3.57. The van der Waals surface area contributed by atoms with Crippen LogP contribution in [0, 0.1) is 5.92 Å². The van der Waals surface area contributed by atoms with E-state index < -0.39 is 6.29 Å². The summed E-state index contributed by atoms with van der Waals surface area (Å²) in [7, 11) is 0. The molecule has 0 saturated carbocycles. The van der Waals surface area contributed by atoms with E-state index in [1.165, 1.54) is 0 Å². The number of carbonyl (C=O) groups is 1. The number of benzene rings is 1. The van der Waals surface area contributed by atoms with Gasteiger partial charge in [-0.15, -0.1) is 6.58 Å². The minimum absolute atomic E-state index is 0.178. The van der Waals surface area contributed by atoms with Crippen LogP contribution < -0.4 is 0 Å². The van der Waals surface area contributed by atoms with Crippen LogP contribution in [-0.2, 0) is 14.3 Å². The fourth-order valence-electron chi connectivity index (χ4n) is 2.78. The highest BCUT2D eigenvalue weighted by Crippen LogP contribution is 2.42. The fourth-order valence-corrected chi connectivity index (χ4v) is 2.78. The first-order chi connectivity index (χ1) is 9.31. The second-order valence-corrected chi connectivity index (χ2v) is 4.81. The van der Waals surface area contributed by atoms with Crippen molar-refractivity contribution in [3.05, 3.63) is 54.1 Å². The van der Waals surface area contributed by atoms with Gasteiger partial charge in [-0.05, 0) is 5.56 Å². The normalized spacial score (nSPS) is 25.8. The Kier molecular flexibility index (Phi) is 3.32. The zero-order valence-electron chi connectivity index (χ0n) is 10.7. The van der Waals surface area contributed by atoms with Crippen LogP contribution in [0.25, 0.3) is 5.57 Å². The van der Waals surface area contributed by atoms with Crippen LogP contribution in [0.2, 0.25) is 0 Å². The lowest BCUT2D eigenvalue weighted by Crippen LogP contribution is -2.14. The zero-order valence-corrected chi connectivity index (χ0v) is 10.7. The third kappa shape index (κ3) is 2.15. The van der Waals surface area contributed by atoms with Crippen molar-refractivity contribution < 1.29 is 14.3 Å². The smallest absolute Gasteiger partial charge is 0.181 e. The van der Waals surface area contributed by atoms with Crippen molar-refractivity contribution in [1.82, 2.24) is 0 Å². The Morgan fingerprint density at radius 2 is 2.16 bits per heavy atom. The van der Waals surface area contributed by atoms with Gasteiger partial charge in [0.2, 0.25) is 0 Å². The van der Waals surface area contributed by atoms with Crippen molar-refractivity contribution in [3.8, 4) is 0 Å². The largest absolute Gasteiger partial charge is 0.348 e. The molecule has 1 aromatic rings. The lowest BCUT2D eigenvalue weighted by Gasteiger charge is -2.13. The summed E-state index contributed by atoms with van der Waals surface area (Å²) < 4.78 is 11.3. The molecule has 19 heavy (non-hydrogen) atoms. The molecular formula is C16H16O3. The SMILES string of the molecule is C=CCO[C@@H]1OC[C@H]2CC(=O)C(c3ccccc3)=C21. The molecule has 0 aromatic heterocycles. The van der Waals surface area contributed by atoms with Crippen molar-refractivity contribution in [3.63, 3.8) is 0 Å². The molecule has 1 aliphatic carbocycles. The zero-order chi connectivity index (χ0) is 13.2. The number of ketones is 1. The van der Waals surface area contributed by atoms with Crippen LogP contribution in [-0.4, -0.2) is 25.3 Å². The van der Waals surface area contributed by atoms with Crippen LogP contribution in [0.15, 0.2) is 48.6 Å². The van der Waals surface area contributed by atoms with E-state index >= 15 is 0 Å². The van der Waals surface area contributed by atoms with E-state index in [4.69, 9.17) is 9.47 Å². The molecule has 1 saturated heterocycles. The number of Topliss-reactive ketones (excluding diaryl/α,β-unsaturated/α-hetero) is 1. The molecule has 2 aliphatic rings.